The molecule has 2 unspecified atom stereocenters. The number of esters is 1. The standard InChI is InChI=1S/C15H21BrO2/c1-8-4-5-11(16)15(3)7-6-10-9(2)14(17)18-13(10)12(8)15/h8,10-13H,2,4-7H2,1,3H3/t8?,10-,11+,12?,13-,15-/m0/s1. The molecule has 6 atom stereocenters. The maximum Gasteiger partial charge on any atom is 0.334 e. The molecule has 2 aliphatic carbocycles. The van der Waals surface area contributed by atoms with Crippen LogP contribution in [0.3, 0.4) is 0 Å². The van der Waals surface area contributed by atoms with Gasteiger partial charge in [-0.2, -0.15) is 0 Å². The quantitative estimate of drug-likeness (QED) is 0.387. The zero-order valence-corrected chi connectivity index (χ0v) is 12.7. The highest BCUT2D eigenvalue weighted by Gasteiger charge is 2.58. The van der Waals surface area contributed by atoms with E-state index in [1.165, 1.54) is 19.3 Å². The summed E-state index contributed by atoms with van der Waals surface area (Å²) in [7, 11) is 0. The molecule has 0 aromatic rings. The van der Waals surface area contributed by atoms with Crippen molar-refractivity contribution >= 4 is 21.9 Å². The molecule has 100 valence electrons. The molecule has 3 aliphatic rings. The Morgan fingerprint density at radius 1 is 1.39 bits per heavy atom. The molecule has 0 bridgehead atoms. The van der Waals surface area contributed by atoms with Crippen LogP contribution in [-0.4, -0.2) is 16.9 Å². The summed E-state index contributed by atoms with van der Waals surface area (Å²) >= 11 is 3.88. The van der Waals surface area contributed by atoms with Crippen LogP contribution in [0.2, 0.25) is 0 Å². The van der Waals surface area contributed by atoms with Crippen LogP contribution in [0.1, 0.15) is 39.5 Å². The molecule has 3 fully saturated rings. The Labute approximate surface area is 117 Å². The molecule has 2 saturated carbocycles. The summed E-state index contributed by atoms with van der Waals surface area (Å²) in [6.45, 7) is 8.63. The highest BCUT2D eigenvalue weighted by molar-refractivity contribution is 9.09. The molecule has 3 heteroatoms. The minimum atomic E-state index is -0.154. The first-order valence-corrected chi connectivity index (χ1v) is 7.90. The Hall–Kier alpha value is -0.310. The molecule has 0 aromatic carbocycles. The van der Waals surface area contributed by atoms with Crippen molar-refractivity contribution in [3.05, 3.63) is 12.2 Å². The number of hydrogen-bond acceptors (Lipinski definition) is 2. The summed E-state index contributed by atoms with van der Waals surface area (Å²) < 4.78 is 5.67. The summed E-state index contributed by atoms with van der Waals surface area (Å²) in [6, 6.07) is 0. The van der Waals surface area contributed by atoms with Crippen molar-refractivity contribution in [3.63, 3.8) is 0 Å². The Kier molecular flexibility index (Phi) is 2.89. The van der Waals surface area contributed by atoms with Gasteiger partial charge in [0.25, 0.3) is 0 Å². The van der Waals surface area contributed by atoms with Crippen LogP contribution in [0.25, 0.3) is 0 Å². The molecule has 1 saturated heterocycles. The van der Waals surface area contributed by atoms with Crippen LogP contribution in [0, 0.1) is 23.2 Å². The molecule has 2 nitrogen and oxygen atoms in total. The summed E-state index contributed by atoms with van der Waals surface area (Å²) in [6.07, 6.45) is 4.77. The number of alkyl halides is 1. The predicted octanol–water partition coefficient (Wildman–Crippen LogP) is 3.69. The van der Waals surface area contributed by atoms with Gasteiger partial charge in [-0.05, 0) is 37.0 Å². The monoisotopic (exact) mass is 312 g/mol. The number of fused-ring (bicyclic) bond motifs is 3. The van der Waals surface area contributed by atoms with Crippen molar-refractivity contribution in [1.82, 2.24) is 0 Å². The van der Waals surface area contributed by atoms with Gasteiger partial charge in [0.1, 0.15) is 6.10 Å². The first-order chi connectivity index (χ1) is 8.45. The number of carbonyl (C=O) groups is 1. The van der Waals surface area contributed by atoms with Crippen molar-refractivity contribution in [2.45, 2.75) is 50.5 Å². The Morgan fingerprint density at radius 3 is 2.83 bits per heavy atom. The lowest BCUT2D eigenvalue weighted by Gasteiger charge is -2.54. The molecule has 18 heavy (non-hydrogen) atoms. The third-order valence-corrected chi connectivity index (χ3v) is 7.17. The molecule has 0 spiro atoms. The van der Waals surface area contributed by atoms with E-state index >= 15 is 0 Å². The van der Waals surface area contributed by atoms with E-state index in [2.05, 4.69) is 36.4 Å². The molecule has 3 rings (SSSR count). The highest BCUT2D eigenvalue weighted by Crippen LogP contribution is 2.59. The average Bonchev–Trinajstić information content (AvgIpc) is 2.60. The molecule has 1 heterocycles. The maximum atomic E-state index is 11.8. The lowest BCUT2D eigenvalue weighted by molar-refractivity contribution is -0.150. The smallest absolute Gasteiger partial charge is 0.334 e. The van der Waals surface area contributed by atoms with Gasteiger partial charge in [-0.25, -0.2) is 4.79 Å². The van der Waals surface area contributed by atoms with Gasteiger partial charge in [-0.15, -0.1) is 0 Å². The molecular weight excluding hydrogens is 292 g/mol. The van der Waals surface area contributed by atoms with Crippen molar-refractivity contribution in [3.8, 4) is 0 Å². The summed E-state index contributed by atoms with van der Waals surface area (Å²) in [4.78, 5) is 12.3. The van der Waals surface area contributed by atoms with Gasteiger partial charge in [0.2, 0.25) is 0 Å². The van der Waals surface area contributed by atoms with Gasteiger partial charge in [0, 0.05) is 22.2 Å². The summed E-state index contributed by atoms with van der Waals surface area (Å²) in [5, 5.41) is 0. The largest absolute Gasteiger partial charge is 0.458 e. The highest BCUT2D eigenvalue weighted by atomic mass is 79.9. The predicted molar refractivity (Wildman–Crippen MR) is 74.5 cm³/mol. The average molecular weight is 313 g/mol. The van der Waals surface area contributed by atoms with Crippen LogP contribution < -0.4 is 0 Å². The fourth-order valence-electron chi connectivity index (χ4n) is 4.56. The number of rotatable bonds is 0. The van der Waals surface area contributed by atoms with E-state index in [0.29, 0.717) is 22.2 Å². The lowest BCUT2D eigenvalue weighted by Crippen LogP contribution is -2.53. The maximum absolute atomic E-state index is 11.8. The van der Waals surface area contributed by atoms with Gasteiger partial charge in [0.05, 0.1) is 0 Å². The van der Waals surface area contributed by atoms with Crippen molar-refractivity contribution < 1.29 is 9.53 Å². The number of halogens is 1. The minimum Gasteiger partial charge on any atom is -0.458 e. The third-order valence-electron chi connectivity index (χ3n) is 5.66. The zero-order valence-electron chi connectivity index (χ0n) is 11.1. The fraction of sp³-hybridized carbons (Fsp3) is 0.800. The Balaban J connectivity index is 1.97. The van der Waals surface area contributed by atoms with Gasteiger partial charge < -0.3 is 4.74 Å². The first kappa shape index (κ1) is 12.7. The number of ether oxygens (including phenoxy) is 1. The number of hydrogen-bond donors (Lipinski definition) is 0. The second kappa shape index (κ2) is 4.09. The van der Waals surface area contributed by atoms with Crippen LogP contribution in [0.5, 0.6) is 0 Å². The van der Waals surface area contributed by atoms with Gasteiger partial charge in [-0.1, -0.05) is 36.4 Å². The van der Waals surface area contributed by atoms with E-state index < -0.39 is 0 Å². The lowest BCUT2D eigenvalue weighted by atomic mass is 9.53. The van der Waals surface area contributed by atoms with Gasteiger partial charge >= 0.3 is 5.97 Å². The minimum absolute atomic E-state index is 0.0825. The normalized spacial score (nSPS) is 51.6. The fourth-order valence-corrected chi connectivity index (χ4v) is 5.36. The van der Waals surface area contributed by atoms with Gasteiger partial charge in [-0.3, -0.25) is 0 Å². The second-order valence-electron chi connectivity index (χ2n) is 6.59. The summed E-state index contributed by atoms with van der Waals surface area (Å²) in [5.41, 5.74) is 0.981. The molecule has 1 aliphatic heterocycles. The van der Waals surface area contributed by atoms with Crippen LogP contribution in [0.4, 0.5) is 0 Å². The first-order valence-electron chi connectivity index (χ1n) is 6.99. The van der Waals surface area contributed by atoms with E-state index in [1.807, 2.05) is 0 Å². The van der Waals surface area contributed by atoms with Crippen LogP contribution in [0.15, 0.2) is 12.2 Å². The topological polar surface area (TPSA) is 26.3 Å². The van der Waals surface area contributed by atoms with Crippen LogP contribution >= 0.6 is 15.9 Å². The molecule has 0 N–H and O–H groups in total. The van der Waals surface area contributed by atoms with Crippen molar-refractivity contribution in [1.29, 1.82) is 0 Å². The van der Waals surface area contributed by atoms with E-state index in [4.69, 9.17) is 4.74 Å². The zero-order chi connectivity index (χ0) is 13.1. The third kappa shape index (κ3) is 1.55. The van der Waals surface area contributed by atoms with Crippen molar-refractivity contribution in [2.24, 2.45) is 23.2 Å². The van der Waals surface area contributed by atoms with E-state index in [0.717, 1.165) is 6.42 Å². The van der Waals surface area contributed by atoms with E-state index in [1.54, 1.807) is 0 Å². The molecule has 0 radical (unpaired) electrons. The Bertz CT molecular complexity index is 405. The van der Waals surface area contributed by atoms with Crippen molar-refractivity contribution in [2.75, 3.05) is 0 Å². The second-order valence-corrected chi connectivity index (χ2v) is 7.70. The molecular formula is C15H21BrO2. The van der Waals surface area contributed by atoms with Gasteiger partial charge in [0.15, 0.2) is 0 Å². The SMILES string of the molecule is C=C1C(=O)O[C@@H]2C3C(C)CC[C@@H](Br)[C@]3(C)CC[C@@H]12. The summed E-state index contributed by atoms with van der Waals surface area (Å²) in [5.74, 6) is 1.24. The van der Waals surface area contributed by atoms with E-state index in [9.17, 15) is 4.79 Å². The molecule has 0 amide bonds. The van der Waals surface area contributed by atoms with Crippen LogP contribution in [-0.2, 0) is 9.53 Å². The van der Waals surface area contributed by atoms with E-state index in [-0.39, 0.29) is 23.4 Å². The molecule has 0 aromatic heterocycles. The number of carbonyl (C=O) groups excluding carboxylic acids is 1. The Morgan fingerprint density at radius 2 is 2.11 bits per heavy atom.